The van der Waals surface area contributed by atoms with Crippen molar-refractivity contribution in [1.82, 2.24) is 10.3 Å². The van der Waals surface area contributed by atoms with Crippen LogP contribution in [0.15, 0.2) is 41.6 Å². The summed E-state index contributed by atoms with van der Waals surface area (Å²) in [5.74, 6) is 1.13. The van der Waals surface area contributed by atoms with Gasteiger partial charge in [-0.25, -0.2) is 4.98 Å². The molecule has 1 aromatic carbocycles. The molecule has 0 fully saturated rings. The summed E-state index contributed by atoms with van der Waals surface area (Å²) in [5.41, 5.74) is 1.28. The Bertz CT molecular complexity index is 738. The number of aliphatic hydroxyl groups is 1. The minimum Gasteiger partial charge on any atom is -0.454 e. The van der Waals surface area contributed by atoms with Gasteiger partial charge in [0.2, 0.25) is 6.79 Å². The predicted molar refractivity (Wildman–Crippen MR) is 90.5 cm³/mol. The zero-order chi connectivity index (χ0) is 16.9. The summed E-state index contributed by atoms with van der Waals surface area (Å²) in [6.45, 7) is 0.560. The Morgan fingerprint density at radius 1 is 1.38 bits per heavy atom. The molecule has 1 aliphatic rings. The average molecular weight is 346 g/mol. The van der Waals surface area contributed by atoms with Crippen molar-refractivity contribution in [2.24, 2.45) is 0 Å². The minimum atomic E-state index is -0.686. The van der Waals surface area contributed by atoms with E-state index in [0.29, 0.717) is 35.1 Å². The molecule has 0 bridgehead atoms. The summed E-state index contributed by atoms with van der Waals surface area (Å²) < 4.78 is 10.6. The summed E-state index contributed by atoms with van der Waals surface area (Å²) >= 11 is 1.42. The molecule has 3 rings (SSSR count). The first kappa shape index (κ1) is 16.6. The van der Waals surface area contributed by atoms with Crippen molar-refractivity contribution < 1.29 is 19.4 Å². The van der Waals surface area contributed by atoms with Crippen LogP contribution < -0.4 is 14.8 Å². The lowest BCUT2D eigenvalue weighted by Crippen LogP contribution is -2.26. The topological polar surface area (TPSA) is 80.7 Å². The highest BCUT2D eigenvalue weighted by atomic mass is 32.2. The number of hydrogen-bond acceptors (Lipinski definition) is 6. The highest BCUT2D eigenvalue weighted by Gasteiger charge is 2.17. The second-order valence-corrected chi connectivity index (χ2v) is 6.03. The zero-order valence-corrected chi connectivity index (χ0v) is 14.0. The molecule has 1 amide bonds. The fourth-order valence-electron chi connectivity index (χ4n) is 2.43. The molecule has 0 saturated carbocycles. The lowest BCUT2D eigenvalue weighted by atomic mass is 10.1. The normalized spacial score (nSPS) is 13.6. The van der Waals surface area contributed by atoms with E-state index in [2.05, 4.69) is 10.3 Å². The van der Waals surface area contributed by atoms with Gasteiger partial charge in [-0.15, -0.1) is 11.8 Å². The van der Waals surface area contributed by atoms with Gasteiger partial charge in [-0.1, -0.05) is 6.07 Å². The Hall–Kier alpha value is -2.25. The van der Waals surface area contributed by atoms with Gasteiger partial charge in [-0.05, 0) is 42.5 Å². The minimum absolute atomic E-state index is 0.190. The quantitative estimate of drug-likeness (QED) is 0.782. The van der Waals surface area contributed by atoms with E-state index < -0.39 is 6.10 Å². The zero-order valence-electron chi connectivity index (χ0n) is 13.2. The standard InChI is InChI=1S/C17H18N2O4S/c1-24-17-12(3-2-7-19-17)16(21)18-8-6-13(20)11-4-5-14-15(9-11)23-10-22-14/h2-5,7,9,13,20H,6,8,10H2,1H3,(H,18,21). The van der Waals surface area contributed by atoms with Gasteiger partial charge in [-0.2, -0.15) is 0 Å². The van der Waals surface area contributed by atoms with E-state index in [1.165, 1.54) is 11.8 Å². The number of aliphatic hydroxyl groups excluding tert-OH is 1. The molecule has 0 aliphatic carbocycles. The number of carbonyl (C=O) groups is 1. The van der Waals surface area contributed by atoms with E-state index in [9.17, 15) is 9.90 Å². The van der Waals surface area contributed by atoms with Crippen molar-refractivity contribution in [2.45, 2.75) is 17.6 Å². The molecule has 1 unspecified atom stereocenters. The second kappa shape index (κ2) is 7.55. The van der Waals surface area contributed by atoms with Crippen LogP contribution in [0.2, 0.25) is 0 Å². The van der Waals surface area contributed by atoms with E-state index in [1.807, 2.05) is 6.26 Å². The van der Waals surface area contributed by atoms with Crippen LogP contribution >= 0.6 is 11.8 Å². The maximum Gasteiger partial charge on any atom is 0.254 e. The van der Waals surface area contributed by atoms with Gasteiger partial charge in [-0.3, -0.25) is 4.79 Å². The van der Waals surface area contributed by atoms with E-state index in [-0.39, 0.29) is 12.7 Å². The smallest absolute Gasteiger partial charge is 0.254 e. The van der Waals surface area contributed by atoms with Gasteiger partial charge in [0.15, 0.2) is 11.5 Å². The van der Waals surface area contributed by atoms with Crippen LogP contribution in [0.4, 0.5) is 0 Å². The lowest BCUT2D eigenvalue weighted by Gasteiger charge is -2.13. The monoisotopic (exact) mass is 346 g/mol. The van der Waals surface area contributed by atoms with E-state index in [1.54, 1.807) is 36.5 Å². The third-order valence-electron chi connectivity index (χ3n) is 3.69. The van der Waals surface area contributed by atoms with Gasteiger partial charge in [0, 0.05) is 12.7 Å². The highest BCUT2D eigenvalue weighted by Crippen LogP contribution is 2.34. The number of fused-ring (bicyclic) bond motifs is 1. The largest absolute Gasteiger partial charge is 0.454 e. The van der Waals surface area contributed by atoms with E-state index in [4.69, 9.17) is 9.47 Å². The highest BCUT2D eigenvalue weighted by molar-refractivity contribution is 7.98. The van der Waals surface area contributed by atoms with Crippen molar-refractivity contribution in [3.8, 4) is 11.5 Å². The summed E-state index contributed by atoms with van der Waals surface area (Å²) in [6.07, 6.45) is 3.25. The molecule has 1 aliphatic heterocycles. The Kier molecular flexibility index (Phi) is 5.22. The van der Waals surface area contributed by atoms with Crippen molar-refractivity contribution in [2.75, 3.05) is 19.6 Å². The summed E-state index contributed by atoms with van der Waals surface area (Å²) in [4.78, 5) is 16.4. The Morgan fingerprint density at radius 2 is 2.21 bits per heavy atom. The molecule has 2 aromatic rings. The molecular formula is C17H18N2O4S. The Balaban J connectivity index is 1.55. The molecule has 0 radical (unpaired) electrons. The number of pyridine rings is 1. The third-order valence-corrected chi connectivity index (χ3v) is 4.41. The third kappa shape index (κ3) is 3.63. The van der Waals surface area contributed by atoms with Crippen molar-refractivity contribution in [3.63, 3.8) is 0 Å². The van der Waals surface area contributed by atoms with E-state index >= 15 is 0 Å². The Labute approximate surface area is 144 Å². The van der Waals surface area contributed by atoms with E-state index in [0.717, 1.165) is 5.56 Å². The average Bonchev–Trinajstić information content (AvgIpc) is 3.09. The van der Waals surface area contributed by atoms with Crippen LogP contribution in [-0.4, -0.2) is 35.6 Å². The molecule has 1 aromatic heterocycles. The van der Waals surface area contributed by atoms with Gasteiger partial charge in [0.1, 0.15) is 5.03 Å². The van der Waals surface area contributed by atoms with Crippen molar-refractivity contribution >= 4 is 17.7 Å². The number of nitrogens with one attached hydrogen (secondary N) is 1. The summed E-state index contributed by atoms with van der Waals surface area (Å²) in [5, 5.41) is 13.8. The fraction of sp³-hybridized carbons (Fsp3) is 0.294. The fourth-order valence-corrected chi connectivity index (χ4v) is 2.98. The summed E-state index contributed by atoms with van der Waals surface area (Å²) in [6, 6.07) is 8.81. The molecule has 6 nitrogen and oxygen atoms in total. The number of carbonyl (C=O) groups excluding carboxylic acids is 1. The molecule has 0 saturated heterocycles. The summed E-state index contributed by atoms with van der Waals surface area (Å²) in [7, 11) is 0. The molecule has 7 heteroatoms. The maximum absolute atomic E-state index is 12.2. The molecule has 2 heterocycles. The number of ether oxygens (including phenoxy) is 2. The number of benzene rings is 1. The maximum atomic E-state index is 12.2. The van der Waals surface area contributed by atoms with Crippen LogP contribution in [0.3, 0.4) is 0 Å². The molecule has 0 spiro atoms. The first-order valence-electron chi connectivity index (χ1n) is 7.54. The van der Waals surface area contributed by atoms with Crippen LogP contribution in [0, 0.1) is 0 Å². The van der Waals surface area contributed by atoms with Crippen LogP contribution in [0.1, 0.15) is 28.4 Å². The number of thioether (sulfide) groups is 1. The number of aromatic nitrogens is 1. The van der Waals surface area contributed by atoms with Gasteiger partial charge < -0.3 is 19.9 Å². The van der Waals surface area contributed by atoms with Crippen LogP contribution in [-0.2, 0) is 0 Å². The van der Waals surface area contributed by atoms with Crippen LogP contribution in [0.25, 0.3) is 0 Å². The molecular weight excluding hydrogens is 328 g/mol. The molecule has 1 atom stereocenters. The number of amides is 1. The number of rotatable bonds is 6. The lowest BCUT2D eigenvalue weighted by molar-refractivity contribution is 0.0939. The van der Waals surface area contributed by atoms with Crippen molar-refractivity contribution in [1.29, 1.82) is 0 Å². The van der Waals surface area contributed by atoms with Crippen LogP contribution in [0.5, 0.6) is 11.5 Å². The van der Waals surface area contributed by atoms with Gasteiger partial charge in [0.05, 0.1) is 11.7 Å². The van der Waals surface area contributed by atoms with Gasteiger partial charge in [0.25, 0.3) is 5.91 Å². The predicted octanol–water partition coefficient (Wildman–Crippen LogP) is 2.39. The molecule has 2 N–H and O–H groups in total. The molecule has 126 valence electrons. The molecule has 24 heavy (non-hydrogen) atoms. The first-order valence-corrected chi connectivity index (χ1v) is 8.76. The van der Waals surface area contributed by atoms with Crippen molar-refractivity contribution in [3.05, 3.63) is 47.7 Å². The number of nitrogens with zero attached hydrogens (tertiary/aromatic N) is 1. The Morgan fingerprint density at radius 3 is 3.04 bits per heavy atom. The SMILES string of the molecule is CSc1ncccc1C(=O)NCCC(O)c1ccc2c(c1)OCO2. The van der Waals surface area contributed by atoms with Gasteiger partial charge >= 0.3 is 0 Å². The first-order chi connectivity index (χ1) is 11.7. The second-order valence-electron chi connectivity index (χ2n) is 5.23. The number of hydrogen-bond donors (Lipinski definition) is 2.